The van der Waals surface area contributed by atoms with Crippen LogP contribution in [0.25, 0.3) is 0 Å². The van der Waals surface area contributed by atoms with Crippen molar-refractivity contribution < 1.29 is 80.2 Å². The number of phosphoric acid groups is 2. The summed E-state index contributed by atoms with van der Waals surface area (Å²) in [5.41, 5.74) is 0. The molecule has 0 saturated heterocycles. The van der Waals surface area contributed by atoms with E-state index < -0.39 is 97.5 Å². The van der Waals surface area contributed by atoms with Crippen molar-refractivity contribution in [2.24, 2.45) is 5.92 Å². The fourth-order valence-electron chi connectivity index (χ4n) is 11.1. The molecule has 0 aliphatic heterocycles. The van der Waals surface area contributed by atoms with Gasteiger partial charge in [0.25, 0.3) is 0 Å². The predicted molar refractivity (Wildman–Crippen MR) is 372 cm³/mol. The molecule has 0 aliphatic carbocycles. The maximum atomic E-state index is 13.1. The molecule has 3 unspecified atom stereocenters. The Kier molecular flexibility index (Phi) is 64.9. The molecule has 0 aliphatic rings. The average Bonchev–Trinajstić information content (AvgIpc) is 1.86. The average molecular weight is 1350 g/mol. The number of carbonyl (C=O) groups is 4. The fraction of sp³-hybridized carbons (Fsp3) is 0.945. The molecule has 3 N–H and O–H groups in total. The van der Waals surface area contributed by atoms with Gasteiger partial charge in [-0.05, 0) is 31.6 Å². The molecule has 19 heteroatoms. The van der Waals surface area contributed by atoms with Crippen LogP contribution in [0.4, 0.5) is 0 Å². The third-order valence-electron chi connectivity index (χ3n) is 17.4. The van der Waals surface area contributed by atoms with Gasteiger partial charge in [-0.1, -0.05) is 330 Å². The van der Waals surface area contributed by atoms with Gasteiger partial charge in [-0.2, -0.15) is 0 Å². The first-order valence-electron chi connectivity index (χ1n) is 38.2. The second kappa shape index (κ2) is 66.3. The molecule has 546 valence electrons. The summed E-state index contributed by atoms with van der Waals surface area (Å²) in [6.45, 7) is 7.23. The van der Waals surface area contributed by atoms with Gasteiger partial charge in [0.05, 0.1) is 26.4 Å². The standard InChI is InChI=1S/C73H142O17P2/c1-6-10-13-16-19-22-25-27-28-29-30-31-33-36-39-42-49-54-59-73(78)89-68(62-83-70(75)56-51-46-40-37-35-32-26-23-20-17-14-11-7-2)64-87-91(79,80)85-60-67(74)61-86-92(81,82)88-65-69(63-84-71(76)57-52-47-44-43-45-50-55-66(5)9-4)90-72(77)58-53-48-41-38-34-24-21-18-15-12-8-3/h66-69,74H,6-65H2,1-5H3,(H,79,80)(H,81,82)/t66?,67-,68-,69-/m1/s1. The van der Waals surface area contributed by atoms with Gasteiger partial charge >= 0.3 is 39.5 Å². The minimum Gasteiger partial charge on any atom is -0.462 e. The number of unbranched alkanes of at least 4 members (excludes halogenated alkanes) is 44. The first kappa shape index (κ1) is 90.1. The Labute approximate surface area is 562 Å². The van der Waals surface area contributed by atoms with Crippen LogP contribution >= 0.6 is 15.6 Å². The molecular formula is C73H142O17P2. The van der Waals surface area contributed by atoms with Gasteiger partial charge in [-0.3, -0.25) is 37.3 Å². The summed E-state index contributed by atoms with van der Waals surface area (Å²) in [6, 6.07) is 0. The molecule has 0 rings (SSSR count). The van der Waals surface area contributed by atoms with E-state index >= 15 is 0 Å². The van der Waals surface area contributed by atoms with E-state index in [1.807, 2.05) is 0 Å². The molecule has 0 aromatic heterocycles. The predicted octanol–water partition coefficient (Wildman–Crippen LogP) is 21.3. The van der Waals surface area contributed by atoms with Gasteiger partial charge in [0.1, 0.15) is 19.3 Å². The van der Waals surface area contributed by atoms with E-state index in [2.05, 4.69) is 34.6 Å². The highest BCUT2D eigenvalue weighted by molar-refractivity contribution is 7.47. The lowest BCUT2D eigenvalue weighted by molar-refractivity contribution is -0.161. The van der Waals surface area contributed by atoms with E-state index in [9.17, 15) is 43.2 Å². The Morgan fingerprint density at radius 3 is 0.772 bits per heavy atom. The molecule has 0 radical (unpaired) electrons. The van der Waals surface area contributed by atoms with Crippen LogP contribution in [0.2, 0.25) is 0 Å². The van der Waals surface area contributed by atoms with Crippen molar-refractivity contribution in [2.75, 3.05) is 39.6 Å². The molecule has 0 spiro atoms. The molecule has 17 nitrogen and oxygen atoms in total. The minimum absolute atomic E-state index is 0.106. The van der Waals surface area contributed by atoms with Crippen LogP contribution in [-0.2, 0) is 65.4 Å². The van der Waals surface area contributed by atoms with Gasteiger partial charge < -0.3 is 33.8 Å². The van der Waals surface area contributed by atoms with Crippen molar-refractivity contribution in [3.63, 3.8) is 0 Å². The molecular weight excluding hydrogens is 1210 g/mol. The van der Waals surface area contributed by atoms with Crippen molar-refractivity contribution in [2.45, 2.75) is 400 Å². The highest BCUT2D eigenvalue weighted by Gasteiger charge is 2.30. The molecule has 0 bridgehead atoms. The molecule has 0 aromatic rings. The third-order valence-corrected chi connectivity index (χ3v) is 19.3. The van der Waals surface area contributed by atoms with Crippen molar-refractivity contribution >= 4 is 39.5 Å². The molecule has 92 heavy (non-hydrogen) atoms. The van der Waals surface area contributed by atoms with E-state index in [1.165, 1.54) is 199 Å². The van der Waals surface area contributed by atoms with Crippen molar-refractivity contribution in [1.29, 1.82) is 0 Å². The number of hydrogen-bond donors (Lipinski definition) is 3. The molecule has 0 aromatic carbocycles. The van der Waals surface area contributed by atoms with Gasteiger partial charge in [0.2, 0.25) is 0 Å². The van der Waals surface area contributed by atoms with Gasteiger partial charge in [-0.15, -0.1) is 0 Å². The molecule has 0 heterocycles. The SMILES string of the molecule is CCCCCCCCCCCCCCCCCCCCC(=O)O[C@H](COC(=O)CCCCCCCCCCCCCCC)COP(=O)(O)OC[C@@H](O)COP(=O)(O)OC[C@@H](COC(=O)CCCCCCCCC(C)CC)OC(=O)CCCCCCCCCCCCC. The van der Waals surface area contributed by atoms with E-state index in [-0.39, 0.29) is 25.7 Å². The first-order valence-corrected chi connectivity index (χ1v) is 41.2. The normalized spacial score (nSPS) is 14.3. The monoisotopic (exact) mass is 1350 g/mol. The van der Waals surface area contributed by atoms with Gasteiger partial charge in [0, 0.05) is 25.7 Å². The maximum Gasteiger partial charge on any atom is 0.472 e. The van der Waals surface area contributed by atoms with Crippen molar-refractivity contribution in [1.82, 2.24) is 0 Å². The highest BCUT2D eigenvalue weighted by Crippen LogP contribution is 2.45. The van der Waals surface area contributed by atoms with Crippen LogP contribution in [0.5, 0.6) is 0 Å². The number of hydrogen-bond acceptors (Lipinski definition) is 15. The molecule has 0 saturated carbocycles. The number of rotatable bonds is 73. The maximum absolute atomic E-state index is 13.1. The molecule has 0 amide bonds. The Balaban J connectivity index is 5.23. The van der Waals surface area contributed by atoms with Crippen LogP contribution in [0.15, 0.2) is 0 Å². The second-order valence-corrected chi connectivity index (χ2v) is 29.5. The van der Waals surface area contributed by atoms with E-state index in [0.29, 0.717) is 25.7 Å². The molecule has 6 atom stereocenters. The Morgan fingerprint density at radius 1 is 0.304 bits per heavy atom. The lowest BCUT2D eigenvalue weighted by atomic mass is 10.00. The second-order valence-electron chi connectivity index (χ2n) is 26.6. The fourth-order valence-corrected chi connectivity index (χ4v) is 12.7. The summed E-state index contributed by atoms with van der Waals surface area (Å²) in [5, 5.41) is 10.6. The lowest BCUT2D eigenvalue weighted by Gasteiger charge is -2.21. The summed E-state index contributed by atoms with van der Waals surface area (Å²) in [4.78, 5) is 72.6. The number of phosphoric ester groups is 2. The largest absolute Gasteiger partial charge is 0.472 e. The zero-order chi connectivity index (χ0) is 67.7. The van der Waals surface area contributed by atoms with Crippen LogP contribution in [0.3, 0.4) is 0 Å². The van der Waals surface area contributed by atoms with Crippen LogP contribution < -0.4 is 0 Å². The summed E-state index contributed by atoms with van der Waals surface area (Å²) in [6.07, 6.45) is 54.0. The number of esters is 4. The zero-order valence-corrected chi connectivity index (χ0v) is 61.5. The van der Waals surface area contributed by atoms with Crippen LogP contribution in [-0.4, -0.2) is 96.7 Å². The molecule has 0 fully saturated rings. The van der Waals surface area contributed by atoms with Gasteiger partial charge in [0.15, 0.2) is 12.2 Å². The smallest absolute Gasteiger partial charge is 0.462 e. The highest BCUT2D eigenvalue weighted by atomic mass is 31.2. The number of ether oxygens (including phenoxy) is 4. The Morgan fingerprint density at radius 2 is 0.522 bits per heavy atom. The number of carbonyl (C=O) groups excluding carboxylic acids is 4. The Bertz CT molecular complexity index is 1770. The Hall–Kier alpha value is -1.94. The zero-order valence-electron chi connectivity index (χ0n) is 59.7. The summed E-state index contributed by atoms with van der Waals surface area (Å²) < 4.78 is 68.4. The van der Waals surface area contributed by atoms with E-state index in [4.69, 9.17) is 37.0 Å². The minimum atomic E-state index is -4.95. The third kappa shape index (κ3) is 65.4. The van der Waals surface area contributed by atoms with E-state index in [1.54, 1.807) is 0 Å². The van der Waals surface area contributed by atoms with Gasteiger partial charge in [-0.25, -0.2) is 9.13 Å². The first-order chi connectivity index (χ1) is 44.6. The van der Waals surface area contributed by atoms with E-state index in [0.717, 1.165) is 102 Å². The summed E-state index contributed by atoms with van der Waals surface area (Å²) >= 11 is 0. The van der Waals surface area contributed by atoms with Crippen molar-refractivity contribution in [3.8, 4) is 0 Å². The topological polar surface area (TPSA) is 237 Å². The number of aliphatic hydroxyl groups excluding tert-OH is 1. The van der Waals surface area contributed by atoms with Crippen LogP contribution in [0.1, 0.15) is 381 Å². The van der Waals surface area contributed by atoms with Crippen LogP contribution in [0, 0.1) is 5.92 Å². The number of aliphatic hydroxyl groups is 1. The van der Waals surface area contributed by atoms with Crippen molar-refractivity contribution in [3.05, 3.63) is 0 Å². The summed E-state index contributed by atoms with van der Waals surface area (Å²) in [5.74, 6) is -1.39. The lowest BCUT2D eigenvalue weighted by Crippen LogP contribution is -2.30. The summed E-state index contributed by atoms with van der Waals surface area (Å²) in [7, 11) is -9.90. The quantitative estimate of drug-likeness (QED) is 0.0222.